The Hall–Kier alpha value is -3.66. The first kappa shape index (κ1) is 20.3. The van der Waals surface area contributed by atoms with Crippen molar-refractivity contribution in [1.29, 1.82) is 0 Å². The van der Waals surface area contributed by atoms with Crippen LogP contribution in [0.1, 0.15) is 23.6 Å². The summed E-state index contributed by atoms with van der Waals surface area (Å²) in [7, 11) is 0. The van der Waals surface area contributed by atoms with Crippen molar-refractivity contribution in [1.82, 2.24) is 24.6 Å². The van der Waals surface area contributed by atoms with Crippen molar-refractivity contribution < 1.29 is 13.9 Å². The van der Waals surface area contributed by atoms with Gasteiger partial charge in [0.2, 0.25) is 0 Å². The maximum absolute atomic E-state index is 14.4. The lowest BCUT2D eigenvalue weighted by Crippen LogP contribution is -2.29. The van der Waals surface area contributed by atoms with Gasteiger partial charge in [-0.1, -0.05) is 0 Å². The average molecular weight is 438 g/mol. The van der Waals surface area contributed by atoms with Gasteiger partial charge in [0.25, 0.3) is 5.56 Å². The third-order valence-electron chi connectivity index (χ3n) is 5.64. The SMILES string of the molecule is O=c1[nH]cc(F)cc1[C@H]1C[C@H](F)CN1c1ccc2ncc(-c3cc(CCO)ccn3)n2n1. The van der Waals surface area contributed by atoms with Gasteiger partial charge in [-0.25, -0.2) is 18.3 Å². The molecule has 164 valence electrons. The van der Waals surface area contributed by atoms with Gasteiger partial charge in [0.1, 0.15) is 23.5 Å². The number of nitrogens with zero attached hydrogens (tertiary/aromatic N) is 5. The minimum atomic E-state index is -1.18. The maximum Gasteiger partial charge on any atom is 0.253 e. The topological polar surface area (TPSA) is 99.4 Å². The molecule has 2 N–H and O–H groups in total. The molecule has 1 aliphatic heterocycles. The predicted molar refractivity (Wildman–Crippen MR) is 114 cm³/mol. The Morgan fingerprint density at radius 1 is 1.22 bits per heavy atom. The number of aliphatic hydroxyl groups excluding tert-OH is 1. The highest BCUT2D eigenvalue weighted by Crippen LogP contribution is 2.35. The third kappa shape index (κ3) is 3.62. The molecule has 1 saturated heterocycles. The summed E-state index contributed by atoms with van der Waals surface area (Å²) in [5.74, 6) is -0.145. The Balaban J connectivity index is 1.57. The highest BCUT2D eigenvalue weighted by Gasteiger charge is 2.36. The summed E-state index contributed by atoms with van der Waals surface area (Å²) in [5, 5.41) is 13.9. The number of rotatable bonds is 5. The molecular weight excluding hydrogens is 418 g/mol. The van der Waals surface area contributed by atoms with Crippen LogP contribution in [0.15, 0.2) is 53.7 Å². The molecule has 0 amide bonds. The lowest BCUT2D eigenvalue weighted by Gasteiger charge is -2.25. The van der Waals surface area contributed by atoms with E-state index in [1.54, 1.807) is 33.9 Å². The average Bonchev–Trinajstić information content (AvgIpc) is 3.39. The molecule has 0 spiro atoms. The molecule has 5 rings (SSSR count). The second-order valence-electron chi connectivity index (χ2n) is 7.73. The normalized spacial score (nSPS) is 18.5. The Morgan fingerprint density at radius 2 is 2.09 bits per heavy atom. The number of hydrogen-bond acceptors (Lipinski definition) is 6. The van der Waals surface area contributed by atoms with E-state index in [1.165, 1.54) is 0 Å². The van der Waals surface area contributed by atoms with Gasteiger partial charge in [-0.15, -0.1) is 5.10 Å². The zero-order chi connectivity index (χ0) is 22.2. The van der Waals surface area contributed by atoms with E-state index in [-0.39, 0.29) is 25.1 Å². The number of imidazole rings is 1. The molecule has 0 aliphatic carbocycles. The van der Waals surface area contributed by atoms with Crippen molar-refractivity contribution in [2.75, 3.05) is 18.1 Å². The van der Waals surface area contributed by atoms with E-state index in [0.717, 1.165) is 17.8 Å². The third-order valence-corrected chi connectivity index (χ3v) is 5.64. The van der Waals surface area contributed by atoms with E-state index in [9.17, 15) is 18.7 Å². The summed E-state index contributed by atoms with van der Waals surface area (Å²) < 4.78 is 29.8. The predicted octanol–water partition coefficient (Wildman–Crippen LogP) is 2.44. The van der Waals surface area contributed by atoms with E-state index < -0.39 is 23.6 Å². The number of alkyl halides is 1. The smallest absolute Gasteiger partial charge is 0.253 e. The highest BCUT2D eigenvalue weighted by atomic mass is 19.1. The van der Waals surface area contributed by atoms with Crippen LogP contribution in [0, 0.1) is 5.82 Å². The number of anilines is 1. The van der Waals surface area contributed by atoms with Crippen LogP contribution in [0.4, 0.5) is 14.6 Å². The number of pyridine rings is 2. The highest BCUT2D eigenvalue weighted by molar-refractivity contribution is 5.61. The summed E-state index contributed by atoms with van der Waals surface area (Å²) in [6, 6.07) is 7.65. The molecule has 1 aliphatic rings. The minimum Gasteiger partial charge on any atom is -0.396 e. The zero-order valence-corrected chi connectivity index (χ0v) is 16.9. The number of H-pyrrole nitrogens is 1. The number of fused-ring (bicyclic) bond motifs is 1. The van der Waals surface area contributed by atoms with Crippen LogP contribution < -0.4 is 10.5 Å². The van der Waals surface area contributed by atoms with E-state index in [0.29, 0.717) is 29.3 Å². The van der Waals surface area contributed by atoms with E-state index in [1.807, 2.05) is 12.1 Å². The molecule has 10 heteroatoms. The Labute approximate surface area is 181 Å². The Bertz CT molecular complexity index is 1340. The molecule has 4 aromatic rings. The van der Waals surface area contributed by atoms with Crippen LogP contribution in [0.25, 0.3) is 17.0 Å². The van der Waals surface area contributed by atoms with Gasteiger partial charge in [-0.3, -0.25) is 9.78 Å². The fourth-order valence-electron chi connectivity index (χ4n) is 4.14. The van der Waals surface area contributed by atoms with E-state index in [4.69, 9.17) is 0 Å². The van der Waals surface area contributed by atoms with Crippen molar-refractivity contribution in [3.8, 4) is 11.4 Å². The number of aromatic amines is 1. The number of halogens is 2. The Kier molecular flexibility index (Phi) is 5.14. The summed E-state index contributed by atoms with van der Waals surface area (Å²) >= 11 is 0. The van der Waals surface area contributed by atoms with Crippen LogP contribution >= 0.6 is 0 Å². The number of hydrogen-bond donors (Lipinski definition) is 2. The quantitative estimate of drug-likeness (QED) is 0.497. The molecule has 4 aromatic heterocycles. The molecular formula is C22H20F2N6O2. The van der Waals surface area contributed by atoms with Crippen LogP contribution in [0.3, 0.4) is 0 Å². The Morgan fingerprint density at radius 3 is 2.94 bits per heavy atom. The summed E-state index contributed by atoms with van der Waals surface area (Å²) in [6.45, 7) is 0.0619. The van der Waals surface area contributed by atoms with Crippen LogP contribution in [-0.2, 0) is 6.42 Å². The lowest BCUT2D eigenvalue weighted by atomic mass is 10.1. The number of aromatic nitrogens is 5. The molecule has 2 atom stereocenters. The summed E-state index contributed by atoms with van der Waals surface area (Å²) in [6.07, 6.45) is 3.67. The molecule has 0 bridgehead atoms. The van der Waals surface area contributed by atoms with Crippen LogP contribution in [0.5, 0.6) is 0 Å². The van der Waals surface area contributed by atoms with E-state index >= 15 is 0 Å². The van der Waals surface area contributed by atoms with Gasteiger partial charge in [0, 0.05) is 31.0 Å². The first-order chi connectivity index (χ1) is 15.5. The molecule has 1 fully saturated rings. The zero-order valence-electron chi connectivity index (χ0n) is 16.9. The van der Waals surface area contributed by atoms with Crippen LogP contribution in [0.2, 0.25) is 0 Å². The molecule has 0 unspecified atom stereocenters. The van der Waals surface area contributed by atoms with Gasteiger partial charge in [-0.05, 0) is 42.3 Å². The van der Waals surface area contributed by atoms with Crippen molar-refractivity contribution in [2.45, 2.75) is 25.1 Å². The van der Waals surface area contributed by atoms with Crippen molar-refractivity contribution in [3.63, 3.8) is 0 Å². The van der Waals surface area contributed by atoms with Gasteiger partial charge >= 0.3 is 0 Å². The van der Waals surface area contributed by atoms with Gasteiger partial charge < -0.3 is 15.0 Å². The molecule has 5 heterocycles. The molecule has 0 radical (unpaired) electrons. The first-order valence-electron chi connectivity index (χ1n) is 10.2. The molecule has 8 nitrogen and oxygen atoms in total. The fraction of sp³-hybridized carbons (Fsp3) is 0.273. The summed E-state index contributed by atoms with van der Waals surface area (Å²) in [4.78, 5) is 25.1. The second kappa shape index (κ2) is 8.12. The summed E-state index contributed by atoms with van der Waals surface area (Å²) in [5.41, 5.74) is 2.48. The monoisotopic (exact) mass is 438 g/mol. The van der Waals surface area contributed by atoms with E-state index in [2.05, 4.69) is 20.1 Å². The number of nitrogens with one attached hydrogen (secondary N) is 1. The maximum atomic E-state index is 14.4. The molecule has 32 heavy (non-hydrogen) atoms. The van der Waals surface area contributed by atoms with Crippen molar-refractivity contribution in [2.24, 2.45) is 0 Å². The van der Waals surface area contributed by atoms with Crippen molar-refractivity contribution >= 4 is 11.5 Å². The minimum absolute atomic E-state index is 0.0267. The van der Waals surface area contributed by atoms with Gasteiger partial charge in [-0.2, -0.15) is 0 Å². The standard InChI is InChI=1S/C22H20F2N6O2/c23-14-8-16(22(32)27-10-14)18-9-15(24)12-29(18)21-2-1-20-26-11-19(30(20)28-21)17-7-13(4-6-31)3-5-25-17/h1-3,5,7-8,10-11,15,18,31H,4,6,9,12H2,(H,27,32)/t15-,18+/m0/s1. The number of aliphatic hydroxyl groups is 1. The first-order valence-corrected chi connectivity index (χ1v) is 10.2. The largest absolute Gasteiger partial charge is 0.396 e. The molecule has 0 saturated carbocycles. The van der Waals surface area contributed by atoms with Crippen molar-refractivity contribution in [3.05, 3.63) is 76.2 Å². The second-order valence-corrected chi connectivity index (χ2v) is 7.73. The fourth-order valence-corrected chi connectivity index (χ4v) is 4.14. The van der Waals surface area contributed by atoms with Crippen LogP contribution in [-0.4, -0.2) is 49.0 Å². The van der Waals surface area contributed by atoms with Gasteiger partial charge in [0.15, 0.2) is 5.65 Å². The van der Waals surface area contributed by atoms with Gasteiger partial charge in [0.05, 0.1) is 24.5 Å². The molecule has 0 aromatic carbocycles. The lowest BCUT2D eigenvalue weighted by molar-refractivity contribution is 0.299.